The monoisotopic (exact) mass is 457 g/mol. The minimum absolute atomic E-state index is 0.229. The van der Waals surface area contributed by atoms with Crippen LogP contribution in [-0.2, 0) is 6.61 Å². The summed E-state index contributed by atoms with van der Waals surface area (Å²) in [6.07, 6.45) is 1.75. The summed E-state index contributed by atoms with van der Waals surface area (Å²) in [6.45, 7) is 2.80. The van der Waals surface area contributed by atoms with Gasteiger partial charge in [0.2, 0.25) is 0 Å². The third-order valence-corrected chi connectivity index (χ3v) is 4.62. The van der Waals surface area contributed by atoms with E-state index in [1.165, 1.54) is 12.1 Å². The zero-order valence-corrected chi connectivity index (χ0v) is 17.8. The van der Waals surface area contributed by atoms with Crippen LogP contribution in [0.5, 0.6) is 17.2 Å². The molecule has 0 aliphatic heterocycles. The fourth-order valence-electron chi connectivity index (χ4n) is 2.68. The molecule has 0 atom stereocenters. The van der Waals surface area contributed by atoms with Gasteiger partial charge in [0.25, 0.3) is 0 Å². The normalized spacial score (nSPS) is 10.9. The number of benzene rings is 3. The Labute approximate surface area is 178 Å². The Kier molecular flexibility index (Phi) is 7.25. The van der Waals surface area contributed by atoms with Gasteiger partial charge in [-0.25, -0.2) is 4.39 Å². The predicted molar refractivity (Wildman–Crippen MR) is 116 cm³/mol. The lowest BCUT2D eigenvalue weighted by Crippen LogP contribution is -2.00. The summed E-state index contributed by atoms with van der Waals surface area (Å²) in [5.74, 6) is 1.63. The topological polar surface area (TPSA) is 40.0 Å². The Balaban J connectivity index is 1.75. The largest absolute Gasteiger partial charge is 0.494 e. The zero-order chi connectivity index (χ0) is 20.6. The first-order valence-corrected chi connectivity index (χ1v) is 9.90. The lowest BCUT2D eigenvalue weighted by Gasteiger charge is -2.13. The molecular formula is C23H21BrFNO3. The molecule has 0 aliphatic rings. The number of rotatable bonds is 8. The van der Waals surface area contributed by atoms with Crippen LogP contribution < -0.4 is 14.2 Å². The van der Waals surface area contributed by atoms with E-state index in [0.717, 1.165) is 27.0 Å². The molecule has 0 heterocycles. The van der Waals surface area contributed by atoms with Gasteiger partial charge in [0, 0.05) is 6.21 Å². The van der Waals surface area contributed by atoms with Gasteiger partial charge >= 0.3 is 0 Å². The second kappa shape index (κ2) is 10.1. The number of nitrogens with zero attached hydrogens (tertiary/aromatic N) is 1. The molecule has 0 radical (unpaired) electrons. The number of hydrogen-bond acceptors (Lipinski definition) is 4. The fourth-order valence-corrected chi connectivity index (χ4v) is 3.25. The molecule has 0 aromatic heterocycles. The first-order chi connectivity index (χ1) is 14.1. The summed E-state index contributed by atoms with van der Waals surface area (Å²) >= 11 is 3.52. The molecule has 3 rings (SSSR count). The lowest BCUT2D eigenvalue weighted by molar-refractivity contribution is 0.282. The molecule has 29 heavy (non-hydrogen) atoms. The summed E-state index contributed by atoms with van der Waals surface area (Å²) in [7, 11) is 1.57. The number of aliphatic imine (C=N–C) groups is 1. The van der Waals surface area contributed by atoms with Crippen molar-refractivity contribution in [2.45, 2.75) is 13.5 Å². The Morgan fingerprint density at radius 1 is 1.03 bits per heavy atom. The van der Waals surface area contributed by atoms with Gasteiger partial charge in [-0.15, -0.1) is 0 Å². The zero-order valence-electron chi connectivity index (χ0n) is 16.2. The Bertz CT molecular complexity index is 990. The van der Waals surface area contributed by atoms with Crippen LogP contribution in [0.2, 0.25) is 0 Å². The summed E-state index contributed by atoms with van der Waals surface area (Å²) in [4.78, 5) is 4.49. The van der Waals surface area contributed by atoms with E-state index in [0.29, 0.717) is 18.1 Å². The Hall–Kier alpha value is -2.86. The smallest absolute Gasteiger partial charge is 0.175 e. The third-order valence-electron chi connectivity index (χ3n) is 4.03. The number of ether oxygens (including phenoxy) is 3. The highest BCUT2D eigenvalue weighted by atomic mass is 79.9. The second-order valence-corrected chi connectivity index (χ2v) is 6.99. The van der Waals surface area contributed by atoms with E-state index < -0.39 is 0 Å². The van der Waals surface area contributed by atoms with Crippen LogP contribution in [0.4, 0.5) is 10.1 Å². The highest BCUT2D eigenvalue weighted by Crippen LogP contribution is 2.37. The van der Waals surface area contributed by atoms with Crippen molar-refractivity contribution in [3.05, 3.63) is 82.1 Å². The molecule has 150 valence electrons. The first-order valence-electron chi connectivity index (χ1n) is 9.10. The SMILES string of the molecule is CCOc1ccc(N=Cc2cc(Br)c(OCc3cccc(F)c3)c(OC)c2)cc1. The van der Waals surface area contributed by atoms with E-state index >= 15 is 0 Å². The molecule has 0 saturated heterocycles. The maximum Gasteiger partial charge on any atom is 0.175 e. The third kappa shape index (κ3) is 5.81. The minimum atomic E-state index is -0.294. The van der Waals surface area contributed by atoms with Gasteiger partial charge in [-0.3, -0.25) is 4.99 Å². The van der Waals surface area contributed by atoms with Gasteiger partial charge in [-0.2, -0.15) is 0 Å². The second-order valence-electron chi connectivity index (χ2n) is 6.14. The predicted octanol–water partition coefficient (Wildman–Crippen LogP) is 6.33. The molecular weight excluding hydrogens is 437 g/mol. The van der Waals surface area contributed by atoms with Gasteiger partial charge in [-0.05, 0) is 82.5 Å². The standard InChI is InChI=1S/C23H21BrFNO3/c1-3-28-20-9-7-19(8-10-20)26-14-17-12-21(24)23(22(13-17)27-2)29-15-16-5-4-6-18(25)11-16/h4-14H,3,15H2,1-2H3. The van der Waals surface area contributed by atoms with Crippen LogP contribution in [-0.4, -0.2) is 19.9 Å². The van der Waals surface area contributed by atoms with Gasteiger partial charge in [0.15, 0.2) is 11.5 Å². The lowest BCUT2D eigenvalue weighted by atomic mass is 10.2. The summed E-state index contributed by atoms with van der Waals surface area (Å²) in [5, 5.41) is 0. The van der Waals surface area contributed by atoms with Crippen LogP contribution in [0.3, 0.4) is 0 Å². The van der Waals surface area contributed by atoms with Gasteiger partial charge in [0.05, 0.1) is 23.9 Å². The van der Waals surface area contributed by atoms with Crippen LogP contribution in [0, 0.1) is 5.82 Å². The van der Waals surface area contributed by atoms with E-state index in [-0.39, 0.29) is 12.4 Å². The van der Waals surface area contributed by atoms with Gasteiger partial charge < -0.3 is 14.2 Å². The maximum absolute atomic E-state index is 13.3. The molecule has 0 N–H and O–H groups in total. The summed E-state index contributed by atoms with van der Waals surface area (Å²) in [6, 6.07) is 17.6. The van der Waals surface area contributed by atoms with Crippen molar-refractivity contribution in [3.63, 3.8) is 0 Å². The summed E-state index contributed by atoms with van der Waals surface area (Å²) < 4.78 is 30.8. The molecule has 4 nitrogen and oxygen atoms in total. The minimum Gasteiger partial charge on any atom is -0.494 e. The van der Waals surface area contributed by atoms with E-state index in [4.69, 9.17) is 14.2 Å². The van der Waals surface area contributed by atoms with E-state index in [2.05, 4.69) is 20.9 Å². The average molecular weight is 458 g/mol. The van der Waals surface area contributed by atoms with Crippen molar-refractivity contribution in [2.24, 2.45) is 4.99 Å². The molecule has 0 spiro atoms. The maximum atomic E-state index is 13.3. The van der Waals surface area contributed by atoms with Crippen LogP contribution in [0.1, 0.15) is 18.1 Å². The van der Waals surface area contributed by atoms with E-state index in [1.54, 1.807) is 25.5 Å². The molecule has 3 aromatic rings. The van der Waals surface area contributed by atoms with Gasteiger partial charge in [0.1, 0.15) is 18.2 Å². The average Bonchev–Trinajstić information content (AvgIpc) is 2.72. The molecule has 0 fully saturated rings. The van der Waals surface area contributed by atoms with Crippen molar-refractivity contribution in [3.8, 4) is 17.2 Å². The van der Waals surface area contributed by atoms with Crippen LogP contribution >= 0.6 is 15.9 Å². The molecule has 0 saturated carbocycles. The van der Waals surface area contributed by atoms with Crippen LogP contribution in [0.25, 0.3) is 0 Å². The van der Waals surface area contributed by atoms with Crippen molar-refractivity contribution in [2.75, 3.05) is 13.7 Å². The molecule has 0 bridgehead atoms. The highest BCUT2D eigenvalue weighted by Gasteiger charge is 2.12. The molecule has 3 aromatic carbocycles. The number of methoxy groups -OCH3 is 1. The summed E-state index contributed by atoms with van der Waals surface area (Å²) in [5.41, 5.74) is 2.40. The highest BCUT2D eigenvalue weighted by molar-refractivity contribution is 9.10. The molecule has 0 unspecified atom stereocenters. The van der Waals surface area contributed by atoms with Crippen molar-refractivity contribution >= 4 is 27.8 Å². The van der Waals surface area contributed by atoms with E-state index in [9.17, 15) is 4.39 Å². The number of hydrogen-bond donors (Lipinski definition) is 0. The molecule has 6 heteroatoms. The van der Waals surface area contributed by atoms with Crippen LogP contribution in [0.15, 0.2) is 70.1 Å². The van der Waals surface area contributed by atoms with Crippen molar-refractivity contribution in [1.82, 2.24) is 0 Å². The van der Waals surface area contributed by atoms with Crippen molar-refractivity contribution < 1.29 is 18.6 Å². The molecule has 0 aliphatic carbocycles. The van der Waals surface area contributed by atoms with Gasteiger partial charge in [-0.1, -0.05) is 12.1 Å². The Morgan fingerprint density at radius 2 is 1.83 bits per heavy atom. The first kappa shape index (κ1) is 20.9. The number of halogens is 2. The van der Waals surface area contributed by atoms with Crippen molar-refractivity contribution in [1.29, 1.82) is 0 Å². The van der Waals surface area contributed by atoms with E-state index in [1.807, 2.05) is 43.3 Å². The molecule has 0 amide bonds. The fraction of sp³-hybridized carbons (Fsp3) is 0.174. The quantitative estimate of drug-likeness (QED) is 0.371. The Morgan fingerprint density at radius 3 is 2.52 bits per heavy atom.